The van der Waals surface area contributed by atoms with Crippen molar-refractivity contribution in [3.05, 3.63) is 69.6 Å². The summed E-state index contributed by atoms with van der Waals surface area (Å²) in [4.78, 5) is 47.7. The molecule has 3 N–H and O–H groups in total. The molecular weight excluding hydrogens is 676 g/mol. The average molecular weight is 727 g/mol. The summed E-state index contributed by atoms with van der Waals surface area (Å²) in [5, 5.41) is 9.42. The molecule has 3 atom stereocenters. The van der Waals surface area contributed by atoms with E-state index in [0.29, 0.717) is 66.5 Å². The van der Waals surface area contributed by atoms with Crippen molar-refractivity contribution >= 4 is 34.2 Å². The highest BCUT2D eigenvalue weighted by Gasteiger charge is 2.31. The Balaban J connectivity index is 1.34. The Kier molecular flexibility index (Phi) is 11.5. The Labute approximate surface area is 310 Å². The van der Waals surface area contributed by atoms with Gasteiger partial charge in [-0.2, -0.15) is 0 Å². The molecule has 0 radical (unpaired) electrons. The van der Waals surface area contributed by atoms with Crippen molar-refractivity contribution < 1.29 is 28.5 Å². The van der Waals surface area contributed by atoms with Crippen molar-refractivity contribution in [1.82, 2.24) is 19.8 Å². The molecule has 1 fully saturated rings. The van der Waals surface area contributed by atoms with Gasteiger partial charge in [-0.25, -0.2) is 4.98 Å². The molecular formula is C40H50N6O7. The molecule has 0 spiro atoms. The van der Waals surface area contributed by atoms with Gasteiger partial charge in [-0.15, -0.1) is 0 Å². The average Bonchev–Trinajstić information content (AvgIpc) is 3.26. The molecule has 13 nitrogen and oxygen atoms in total. The van der Waals surface area contributed by atoms with E-state index in [2.05, 4.69) is 25.4 Å². The van der Waals surface area contributed by atoms with E-state index in [0.717, 1.165) is 47.6 Å². The monoisotopic (exact) mass is 726 g/mol. The summed E-state index contributed by atoms with van der Waals surface area (Å²) in [6.07, 6.45) is 1.82. The second-order valence-electron chi connectivity index (χ2n) is 13.8. The Morgan fingerprint density at radius 2 is 1.77 bits per heavy atom. The van der Waals surface area contributed by atoms with Crippen LogP contribution in [0.4, 0.5) is 11.4 Å². The van der Waals surface area contributed by atoms with E-state index in [4.69, 9.17) is 23.9 Å². The molecule has 2 aliphatic rings. The van der Waals surface area contributed by atoms with Crippen molar-refractivity contribution in [2.45, 2.75) is 58.7 Å². The van der Waals surface area contributed by atoms with Gasteiger partial charge in [0.05, 0.1) is 63.9 Å². The van der Waals surface area contributed by atoms with Crippen LogP contribution in [0.25, 0.3) is 22.2 Å². The molecule has 13 heteroatoms. The molecule has 2 amide bonds. The van der Waals surface area contributed by atoms with Crippen LogP contribution in [-0.4, -0.2) is 79.9 Å². The van der Waals surface area contributed by atoms with Crippen LogP contribution >= 0.6 is 0 Å². The fourth-order valence-electron chi connectivity index (χ4n) is 7.34. The Morgan fingerprint density at radius 1 is 1.02 bits per heavy atom. The number of nitrogens with one attached hydrogen (secondary N) is 3. The number of carbonyl (C=O) groups excluding carboxylic acids is 2. The van der Waals surface area contributed by atoms with Gasteiger partial charge in [0.15, 0.2) is 11.5 Å². The van der Waals surface area contributed by atoms with Crippen LogP contribution in [0.1, 0.15) is 56.6 Å². The van der Waals surface area contributed by atoms with Gasteiger partial charge in [-0.3, -0.25) is 19.3 Å². The second-order valence-corrected chi connectivity index (χ2v) is 13.8. The number of hydrogen-bond acceptors (Lipinski definition) is 10. The topological polar surface area (TPSA) is 145 Å². The summed E-state index contributed by atoms with van der Waals surface area (Å²) < 4.78 is 24.9. The highest BCUT2D eigenvalue weighted by molar-refractivity contribution is 5.98. The molecule has 4 aromatic rings. The quantitative estimate of drug-likeness (QED) is 0.182. The van der Waals surface area contributed by atoms with Gasteiger partial charge >= 0.3 is 0 Å². The molecule has 1 aromatic heterocycles. The second kappa shape index (κ2) is 16.3. The summed E-state index contributed by atoms with van der Waals surface area (Å²) in [5.41, 5.74) is 5.36. The summed E-state index contributed by atoms with van der Waals surface area (Å²) >= 11 is 0. The number of hydrogen-bond donors (Lipinski definition) is 3. The van der Waals surface area contributed by atoms with Crippen LogP contribution in [-0.2, 0) is 34.3 Å². The maximum absolute atomic E-state index is 14.1. The highest BCUT2D eigenvalue weighted by atomic mass is 16.5. The largest absolute Gasteiger partial charge is 0.493 e. The normalized spacial score (nSPS) is 16.8. The molecule has 6 rings (SSSR count). The zero-order chi connectivity index (χ0) is 37.8. The number of morpholine rings is 1. The minimum Gasteiger partial charge on any atom is -0.493 e. The van der Waals surface area contributed by atoms with Crippen molar-refractivity contribution in [3.63, 3.8) is 0 Å². The third kappa shape index (κ3) is 7.81. The summed E-state index contributed by atoms with van der Waals surface area (Å²) in [6, 6.07) is 11.6. The van der Waals surface area contributed by atoms with Gasteiger partial charge in [0, 0.05) is 38.3 Å². The van der Waals surface area contributed by atoms with Gasteiger partial charge in [0.1, 0.15) is 11.9 Å². The number of ether oxygens (including phenoxy) is 4. The van der Waals surface area contributed by atoms with E-state index in [1.54, 1.807) is 33.5 Å². The molecule has 53 heavy (non-hydrogen) atoms. The molecule has 0 bridgehead atoms. The van der Waals surface area contributed by atoms with E-state index >= 15 is 0 Å². The van der Waals surface area contributed by atoms with Crippen LogP contribution in [0.15, 0.2) is 47.3 Å². The van der Waals surface area contributed by atoms with Gasteiger partial charge in [0.25, 0.3) is 0 Å². The summed E-state index contributed by atoms with van der Waals surface area (Å²) in [5.74, 6) is 1.76. The number of methoxy groups -OCH3 is 3. The van der Waals surface area contributed by atoms with Gasteiger partial charge in [-0.1, -0.05) is 26.3 Å². The number of imidazole rings is 1. The number of aryl methyl sites for hydroxylation is 2. The SMILES string of the molecule is CC[C@@H](C)[C@H](Nc1ccc2c(cc1=O)[C@@H](NC(C)=O)CCc1cc(OC)c(OC)c(OC)c1-2)C(=O)Nc1ccc2c(c1)nc(CN1CCOCC1)n2C. The van der Waals surface area contributed by atoms with E-state index < -0.39 is 12.1 Å². The van der Waals surface area contributed by atoms with Crippen LogP contribution in [0.5, 0.6) is 17.2 Å². The van der Waals surface area contributed by atoms with Crippen molar-refractivity contribution in [1.29, 1.82) is 0 Å². The lowest BCUT2D eigenvalue weighted by atomic mass is 9.95. The molecule has 3 aromatic carbocycles. The standard InChI is InChI=1S/C40H50N6O7/c1-8-23(2)37(40(49)42-26-10-14-32-31(20-26)43-35(45(32)4)22-46-15-17-53-18-16-46)44-30-13-11-27-28(21-33(30)48)29(41-24(3)47)12-9-25-19-34(50-5)38(51-6)39(52-7)36(25)27/h10-11,13-14,19-21,23,29,37H,8-9,12,15-18,22H2,1-7H3,(H,41,47)(H,42,49)(H,44,48)/t23-,29+,37+/m1/s1. The number of nitrogens with zero attached hydrogens (tertiary/aromatic N) is 3. The van der Waals surface area contributed by atoms with Gasteiger partial charge < -0.3 is 39.5 Å². The minimum absolute atomic E-state index is 0.124. The van der Waals surface area contributed by atoms with Crippen molar-refractivity contribution in [3.8, 4) is 28.4 Å². The predicted molar refractivity (Wildman–Crippen MR) is 205 cm³/mol. The Hall–Kier alpha value is -5.14. The highest BCUT2D eigenvalue weighted by Crippen LogP contribution is 2.50. The zero-order valence-electron chi connectivity index (χ0n) is 31.6. The summed E-state index contributed by atoms with van der Waals surface area (Å²) in [7, 11) is 6.69. The third-order valence-electron chi connectivity index (χ3n) is 10.4. The lowest BCUT2D eigenvalue weighted by Crippen LogP contribution is -2.40. The number of amides is 2. The van der Waals surface area contributed by atoms with Crippen LogP contribution in [0.2, 0.25) is 0 Å². The fraction of sp³-hybridized carbons (Fsp3) is 0.450. The first-order valence-electron chi connectivity index (χ1n) is 18.2. The molecule has 282 valence electrons. The minimum atomic E-state index is -0.733. The van der Waals surface area contributed by atoms with Gasteiger partial charge in [-0.05, 0) is 71.8 Å². The number of fused-ring (bicyclic) bond motifs is 4. The van der Waals surface area contributed by atoms with E-state index in [-0.39, 0.29) is 28.8 Å². The van der Waals surface area contributed by atoms with Crippen LogP contribution < -0.4 is 35.6 Å². The fourth-order valence-corrected chi connectivity index (χ4v) is 7.34. The first kappa shape index (κ1) is 37.6. The predicted octanol–water partition coefficient (Wildman–Crippen LogP) is 5.05. The number of rotatable bonds is 12. The van der Waals surface area contributed by atoms with Crippen LogP contribution in [0, 0.1) is 5.92 Å². The molecule has 1 saturated heterocycles. The van der Waals surface area contributed by atoms with E-state index in [1.165, 1.54) is 6.92 Å². The number of aromatic nitrogens is 2. The lowest BCUT2D eigenvalue weighted by Gasteiger charge is -2.26. The smallest absolute Gasteiger partial charge is 0.247 e. The first-order valence-corrected chi connectivity index (χ1v) is 18.2. The molecule has 0 saturated carbocycles. The maximum Gasteiger partial charge on any atom is 0.247 e. The maximum atomic E-state index is 14.1. The number of anilines is 2. The molecule has 1 aliphatic carbocycles. The van der Waals surface area contributed by atoms with Gasteiger partial charge in [0.2, 0.25) is 23.0 Å². The lowest BCUT2D eigenvalue weighted by molar-refractivity contribution is -0.120. The van der Waals surface area contributed by atoms with E-state index in [1.807, 2.05) is 51.2 Å². The first-order chi connectivity index (χ1) is 25.6. The molecule has 2 heterocycles. The zero-order valence-corrected chi connectivity index (χ0v) is 31.6. The van der Waals surface area contributed by atoms with E-state index in [9.17, 15) is 14.4 Å². The number of carbonyl (C=O) groups is 2. The molecule has 0 unspecified atom stereocenters. The Morgan fingerprint density at radius 3 is 2.45 bits per heavy atom. The Bertz CT molecular complexity index is 2060. The van der Waals surface area contributed by atoms with Crippen LogP contribution in [0.3, 0.4) is 0 Å². The molecule has 1 aliphatic heterocycles. The van der Waals surface area contributed by atoms with Crippen molar-refractivity contribution in [2.75, 3.05) is 58.3 Å². The number of benzene rings is 2. The third-order valence-corrected chi connectivity index (χ3v) is 10.4. The van der Waals surface area contributed by atoms with Crippen molar-refractivity contribution in [2.24, 2.45) is 13.0 Å². The summed E-state index contributed by atoms with van der Waals surface area (Å²) in [6.45, 7) is 9.33.